The number of alkyl carbamates (subject to hydrolysis) is 1. The highest BCUT2D eigenvalue weighted by Crippen LogP contribution is 2.09. The Bertz CT molecular complexity index is 884. The van der Waals surface area contributed by atoms with Gasteiger partial charge in [0.05, 0.1) is 12.6 Å². The number of nitrogens with two attached hydrogens (primary N) is 1. The van der Waals surface area contributed by atoms with Gasteiger partial charge in [-0.2, -0.15) is 11.8 Å². The largest absolute Gasteiger partial charge is 0.464 e. The first-order valence-electron chi connectivity index (χ1n) is 13.5. The van der Waals surface area contributed by atoms with Crippen molar-refractivity contribution in [2.75, 3.05) is 25.2 Å². The molecule has 10 nitrogen and oxygen atoms in total. The molecule has 0 aliphatic heterocycles. The molecule has 0 spiro atoms. The molecule has 1 aromatic carbocycles. The van der Waals surface area contributed by atoms with E-state index in [0.717, 1.165) is 11.3 Å². The first-order chi connectivity index (χ1) is 18.5. The number of carbonyl (C=O) groups excluding carboxylic acids is 4. The Hall–Kier alpha value is -2.79. The minimum atomic E-state index is -0.885. The number of hydrogen-bond acceptors (Lipinski definition) is 8. The van der Waals surface area contributed by atoms with Gasteiger partial charge in [0.2, 0.25) is 11.8 Å². The van der Waals surface area contributed by atoms with Crippen LogP contribution in [0.25, 0.3) is 0 Å². The molecule has 0 saturated carbocycles. The number of hydrogen-bond donors (Lipinski definition) is 4. The highest BCUT2D eigenvalue weighted by atomic mass is 32.2. The lowest BCUT2D eigenvalue weighted by molar-refractivity contribution is -0.149. The number of amides is 3. The SMILES string of the molecule is CSCC[C@H](N)C(=O)N[C@H](C(=O)N[C@@H](CCCCNC(=O)OCc1ccccc1)C(=O)OCC(C)C)C(C)C. The van der Waals surface area contributed by atoms with Crippen LogP contribution in [0.5, 0.6) is 0 Å². The van der Waals surface area contributed by atoms with E-state index in [1.54, 1.807) is 11.8 Å². The van der Waals surface area contributed by atoms with Crippen LogP contribution in [0.2, 0.25) is 0 Å². The number of nitrogens with one attached hydrogen (secondary N) is 3. The van der Waals surface area contributed by atoms with Crippen molar-refractivity contribution >= 4 is 35.6 Å². The predicted octanol–water partition coefficient (Wildman–Crippen LogP) is 2.99. The van der Waals surface area contributed by atoms with Gasteiger partial charge in [-0.15, -0.1) is 0 Å². The first kappa shape index (κ1) is 34.2. The Labute approximate surface area is 236 Å². The molecular formula is C28H46N4O6S. The zero-order valence-electron chi connectivity index (χ0n) is 23.9. The minimum Gasteiger partial charge on any atom is -0.464 e. The van der Waals surface area contributed by atoms with Crippen LogP contribution >= 0.6 is 11.8 Å². The number of esters is 1. The van der Waals surface area contributed by atoms with Gasteiger partial charge in [0, 0.05) is 6.54 Å². The first-order valence-corrected chi connectivity index (χ1v) is 14.9. The molecule has 0 saturated heterocycles. The van der Waals surface area contributed by atoms with Crippen molar-refractivity contribution in [1.29, 1.82) is 0 Å². The van der Waals surface area contributed by atoms with E-state index in [4.69, 9.17) is 15.2 Å². The summed E-state index contributed by atoms with van der Waals surface area (Å²) >= 11 is 1.59. The van der Waals surface area contributed by atoms with Crippen LogP contribution in [0.4, 0.5) is 4.79 Å². The van der Waals surface area contributed by atoms with Gasteiger partial charge >= 0.3 is 12.1 Å². The number of unbranched alkanes of at least 4 members (excludes halogenated alkanes) is 1. The normalized spacial score (nSPS) is 13.3. The lowest BCUT2D eigenvalue weighted by atomic mass is 10.0. The lowest BCUT2D eigenvalue weighted by Crippen LogP contribution is -2.56. The summed E-state index contributed by atoms with van der Waals surface area (Å²) in [6.07, 6.45) is 3.33. The van der Waals surface area contributed by atoms with Crippen LogP contribution in [-0.4, -0.2) is 67.2 Å². The zero-order chi connectivity index (χ0) is 29.2. The number of thioether (sulfide) groups is 1. The van der Waals surface area contributed by atoms with E-state index < -0.39 is 42.0 Å². The fourth-order valence-corrected chi connectivity index (χ4v) is 3.96. The lowest BCUT2D eigenvalue weighted by Gasteiger charge is -2.26. The molecule has 1 rings (SSSR count). The Kier molecular flexibility index (Phi) is 16.9. The Balaban J connectivity index is 2.63. The molecule has 11 heteroatoms. The Morgan fingerprint density at radius 1 is 0.923 bits per heavy atom. The number of carbonyl (C=O) groups is 4. The van der Waals surface area contributed by atoms with Crippen molar-refractivity contribution in [3.63, 3.8) is 0 Å². The van der Waals surface area contributed by atoms with E-state index in [-0.39, 0.29) is 25.0 Å². The van der Waals surface area contributed by atoms with E-state index in [2.05, 4.69) is 16.0 Å². The minimum absolute atomic E-state index is 0.141. The molecule has 1 aromatic rings. The summed E-state index contributed by atoms with van der Waals surface area (Å²) < 4.78 is 10.6. The van der Waals surface area contributed by atoms with Gasteiger partial charge in [-0.25, -0.2) is 9.59 Å². The number of ether oxygens (including phenoxy) is 2. The summed E-state index contributed by atoms with van der Waals surface area (Å²) in [4.78, 5) is 50.4. The van der Waals surface area contributed by atoms with Crippen molar-refractivity contribution in [1.82, 2.24) is 16.0 Å². The van der Waals surface area contributed by atoms with Crippen molar-refractivity contribution < 1.29 is 28.7 Å². The van der Waals surface area contributed by atoms with Gasteiger partial charge in [0.15, 0.2) is 0 Å². The molecule has 0 aliphatic rings. The third-order valence-electron chi connectivity index (χ3n) is 5.78. The van der Waals surface area contributed by atoms with Crippen LogP contribution in [0, 0.1) is 11.8 Å². The molecular weight excluding hydrogens is 520 g/mol. The smallest absolute Gasteiger partial charge is 0.407 e. The highest BCUT2D eigenvalue weighted by molar-refractivity contribution is 7.98. The molecule has 0 aliphatic carbocycles. The molecule has 0 heterocycles. The Morgan fingerprint density at radius 2 is 1.62 bits per heavy atom. The molecule has 39 heavy (non-hydrogen) atoms. The van der Waals surface area contributed by atoms with Crippen molar-refractivity contribution in [3.05, 3.63) is 35.9 Å². The third-order valence-corrected chi connectivity index (χ3v) is 6.42. The monoisotopic (exact) mass is 566 g/mol. The second-order valence-electron chi connectivity index (χ2n) is 10.2. The van der Waals surface area contributed by atoms with Gasteiger partial charge in [0.25, 0.3) is 0 Å². The second-order valence-corrected chi connectivity index (χ2v) is 11.2. The summed E-state index contributed by atoms with van der Waals surface area (Å²) in [6, 6.07) is 6.92. The zero-order valence-corrected chi connectivity index (χ0v) is 24.7. The molecule has 3 atom stereocenters. The molecule has 0 radical (unpaired) electrons. The topological polar surface area (TPSA) is 149 Å². The van der Waals surface area contributed by atoms with E-state index >= 15 is 0 Å². The average molecular weight is 567 g/mol. The second kappa shape index (κ2) is 19.3. The molecule has 5 N–H and O–H groups in total. The summed E-state index contributed by atoms with van der Waals surface area (Å²) in [5, 5.41) is 8.19. The maximum absolute atomic E-state index is 13.1. The van der Waals surface area contributed by atoms with Crippen LogP contribution in [-0.2, 0) is 30.5 Å². The molecule has 0 fully saturated rings. The van der Waals surface area contributed by atoms with Gasteiger partial charge in [-0.1, -0.05) is 58.0 Å². The molecule has 0 unspecified atom stereocenters. The highest BCUT2D eigenvalue weighted by Gasteiger charge is 2.30. The fraction of sp³-hybridized carbons (Fsp3) is 0.643. The van der Waals surface area contributed by atoms with Crippen LogP contribution in [0.3, 0.4) is 0 Å². The van der Waals surface area contributed by atoms with Crippen molar-refractivity contribution in [3.8, 4) is 0 Å². The number of rotatable bonds is 18. The van der Waals surface area contributed by atoms with Crippen molar-refractivity contribution in [2.45, 2.75) is 78.1 Å². The fourth-order valence-electron chi connectivity index (χ4n) is 3.47. The average Bonchev–Trinajstić information content (AvgIpc) is 2.91. The van der Waals surface area contributed by atoms with E-state index in [1.807, 2.05) is 64.3 Å². The van der Waals surface area contributed by atoms with Gasteiger partial charge in [-0.3, -0.25) is 9.59 Å². The van der Waals surface area contributed by atoms with Gasteiger partial charge < -0.3 is 31.2 Å². The molecule has 3 amide bonds. The number of benzene rings is 1. The van der Waals surface area contributed by atoms with Crippen molar-refractivity contribution in [2.24, 2.45) is 17.6 Å². The summed E-state index contributed by atoms with van der Waals surface area (Å²) in [7, 11) is 0. The van der Waals surface area contributed by atoms with Crippen LogP contribution in [0.15, 0.2) is 30.3 Å². The maximum Gasteiger partial charge on any atom is 0.407 e. The van der Waals surface area contributed by atoms with Gasteiger partial charge in [0.1, 0.15) is 18.7 Å². The maximum atomic E-state index is 13.1. The third kappa shape index (κ3) is 14.8. The molecule has 0 bridgehead atoms. The predicted molar refractivity (Wildman–Crippen MR) is 154 cm³/mol. The van der Waals surface area contributed by atoms with E-state index in [1.165, 1.54) is 0 Å². The quantitative estimate of drug-likeness (QED) is 0.157. The standard InChI is InChI=1S/C28H46N4O6S/c1-19(2)17-37-27(35)23(13-9-10-15-30-28(36)38-18-21-11-7-6-8-12-21)31-26(34)24(20(3)4)32-25(33)22(29)14-16-39-5/h6-8,11-12,19-20,22-24H,9-10,13-18,29H2,1-5H3,(H,30,36)(H,31,34)(H,32,33)/t22-,23-,24-/m0/s1. The molecule has 0 aromatic heterocycles. The van der Waals surface area contributed by atoms with Crippen LogP contribution < -0.4 is 21.7 Å². The van der Waals surface area contributed by atoms with Gasteiger partial charge in [-0.05, 0) is 55.1 Å². The molecule has 220 valence electrons. The summed E-state index contributed by atoms with van der Waals surface area (Å²) in [6.45, 7) is 8.24. The summed E-state index contributed by atoms with van der Waals surface area (Å²) in [5.41, 5.74) is 6.86. The summed E-state index contributed by atoms with van der Waals surface area (Å²) in [5.74, 6) is -0.748. The Morgan fingerprint density at radius 3 is 2.23 bits per heavy atom. The van der Waals surface area contributed by atoms with E-state index in [0.29, 0.717) is 32.2 Å². The van der Waals surface area contributed by atoms with E-state index in [9.17, 15) is 19.2 Å². The van der Waals surface area contributed by atoms with Crippen LogP contribution in [0.1, 0.15) is 58.9 Å².